The smallest absolute Gasteiger partial charge is 0.269 e. The van der Waals surface area contributed by atoms with E-state index in [0.717, 1.165) is 5.56 Å². The fourth-order valence-corrected chi connectivity index (χ4v) is 2.15. The molecule has 1 aromatic carbocycles. The van der Waals surface area contributed by atoms with Crippen molar-refractivity contribution in [3.63, 3.8) is 0 Å². The summed E-state index contributed by atoms with van der Waals surface area (Å²) in [6.07, 6.45) is -0.390. The van der Waals surface area contributed by atoms with Gasteiger partial charge >= 0.3 is 0 Å². The minimum atomic E-state index is -0.641. The average molecular weight is 276 g/mol. The van der Waals surface area contributed by atoms with E-state index in [2.05, 4.69) is 6.58 Å². The van der Waals surface area contributed by atoms with Gasteiger partial charge in [-0.05, 0) is 24.6 Å². The highest BCUT2D eigenvalue weighted by Gasteiger charge is 2.56. The van der Waals surface area contributed by atoms with Gasteiger partial charge in [-0.1, -0.05) is 6.58 Å². The van der Waals surface area contributed by atoms with Gasteiger partial charge in [0.25, 0.3) is 11.6 Å². The van der Waals surface area contributed by atoms with Crippen LogP contribution in [0.2, 0.25) is 0 Å². The van der Waals surface area contributed by atoms with Crippen LogP contribution in [0.25, 0.3) is 0 Å². The summed E-state index contributed by atoms with van der Waals surface area (Å²) in [7, 11) is 3.30. The van der Waals surface area contributed by atoms with Crippen LogP contribution in [0.3, 0.4) is 0 Å². The number of ether oxygens (including phenoxy) is 1. The Bertz CT molecular complexity index is 579. The molecule has 1 amide bonds. The average Bonchev–Trinajstić information content (AvgIpc) is 3.10. The van der Waals surface area contributed by atoms with Gasteiger partial charge in [0.15, 0.2) is 0 Å². The normalized spacial score (nSPS) is 24.1. The Hall–Kier alpha value is -2.21. The van der Waals surface area contributed by atoms with E-state index in [-0.39, 0.29) is 17.7 Å². The van der Waals surface area contributed by atoms with Gasteiger partial charge in [0.05, 0.1) is 4.92 Å². The maximum atomic E-state index is 11.8. The summed E-state index contributed by atoms with van der Waals surface area (Å²) < 4.78 is 5.61. The van der Waals surface area contributed by atoms with Crippen LogP contribution in [0.15, 0.2) is 36.4 Å². The standard InChI is InChI=1S/C14H16N2O4/c1-9(13(17)15(3)4)12-14(2,20-12)10-5-7-11(8-6-10)16(18)19/h5-8,12H,1H2,2-4H3/t12-,14-/m0/s1. The Morgan fingerprint density at radius 3 is 2.40 bits per heavy atom. The van der Waals surface area contributed by atoms with Crippen molar-refractivity contribution in [2.75, 3.05) is 14.1 Å². The van der Waals surface area contributed by atoms with Crippen LogP contribution in [0, 0.1) is 10.1 Å². The summed E-state index contributed by atoms with van der Waals surface area (Å²) in [4.78, 5) is 23.5. The molecule has 0 bridgehead atoms. The molecule has 1 fully saturated rings. The molecule has 6 nitrogen and oxygen atoms in total. The summed E-state index contributed by atoms with van der Waals surface area (Å²) >= 11 is 0. The molecule has 1 aliphatic rings. The van der Waals surface area contributed by atoms with Crippen LogP contribution in [0.1, 0.15) is 12.5 Å². The highest BCUT2D eigenvalue weighted by molar-refractivity contribution is 5.94. The van der Waals surface area contributed by atoms with E-state index in [1.54, 1.807) is 26.2 Å². The summed E-state index contributed by atoms with van der Waals surface area (Å²) in [6, 6.07) is 6.14. The monoisotopic (exact) mass is 276 g/mol. The topological polar surface area (TPSA) is 76.0 Å². The quantitative estimate of drug-likeness (QED) is 0.364. The minimum absolute atomic E-state index is 0.0257. The zero-order valence-electron chi connectivity index (χ0n) is 11.6. The molecule has 1 saturated heterocycles. The molecule has 1 heterocycles. The molecular formula is C14H16N2O4. The molecule has 106 valence electrons. The molecule has 0 aliphatic carbocycles. The molecule has 1 aromatic rings. The third kappa shape index (κ3) is 2.30. The lowest BCUT2D eigenvalue weighted by Crippen LogP contribution is -2.26. The molecule has 1 aliphatic heterocycles. The van der Waals surface area contributed by atoms with Crippen LogP contribution >= 0.6 is 0 Å². The van der Waals surface area contributed by atoms with Crippen LogP contribution in [0.5, 0.6) is 0 Å². The van der Waals surface area contributed by atoms with Crippen molar-refractivity contribution >= 4 is 11.6 Å². The van der Waals surface area contributed by atoms with Gasteiger partial charge in [0.2, 0.25) is 0 Å². The number of carbonyl (C=O) groups excluding carboxylic acids is 1. The first-order valence-electron chi connectivity index (χ1n) is 6.10. The minimum Gasteiger partial charge on any atom is -0.356 e. The Kier molecular flexibility index (Phi) is 3.35. The predicted molar refractivity (Wildman–Crippen MR) is 73.2 cm³/mol. The van der Waals surface area contributed by atoms with E-state index < -0.39 is 10.5 Å². The van der Waals surface area contributed by atoms with E-state index in [9.17, 15) is 14.9 Å². The Balaban J connectivity index is 2.17. The molecule has 0 radical (unpaired) electrons. The number of nitrogens with zero attached hydrogens (tertiary/aromatic N) is 2. The Morgan fingerprint density at radius 2 is 1.95 bits per heavy atom. The molecule has 0 saturated carbocycles. The number of non-ortho nitro benzene ring substituents is 1. The third-order valence-electron chi connectivity index (χ3n) is 3.45. The van der Waals surface area contributed by atoms with E-state index in [1.807, 2.05) is 6.92 Å². The number of hydrogen-bond donors (Lipinski definition) is 0. The lowest BCUT2D eigenvalue weighted by atomic mass is 9.93. The van der Waals surface area contributed by atoms with Gasteiger partial charge in [0, 0.05) is 31.8 Å². The molecule has 2 atom stereocenters. The van der Waals surface area contributed by atoms with Gasteiger partial charge in [-0.25, -0.2) is 0 Å². The summed E-state index contributed by atoms with van der Waals surface area (Å²) in [5, 5.41) is 10.6. The maximum Gasteiger partial charge on any atom is 0.269 e. The fourth-order valence-electron chi connectivity index (χ4n) is 2.15. The van der Waals surface area contributed by atoms with E-state index in [1.165, 1.54) is 17.0 Å². The van der Waals surface area contributed by atoms with Crippen molar-refractivity contribution in [1.82, 2.24) is 4.90 Å². The van der Waals surface area contributed by atoms with Crippen molar-refractivity contribution in [3.05, 3.63) is 52.1 Å². The number of nitro groups is 1. The van der Waals surface area contributed by atoms with Crippen molar-refractivity contribution in [1.29, 1.82) is 0 Å². The first-order chi connectivity index (χ1) is 9.27. The Labute approximate surface area is 116 Å². The molecule has 0 aromatic heterocycles. The van der Waals surface area contributed by atoms with Crippen molar-refractivity contribution in [2.45, 2.75) is 18.6 Å². The lowest BCUT2D eigenvalue weighted by molar-refractivity contribution is -0.384. The van der Waals surface area contributed by atoms with Gasteiger partial charge in [-0.15, -0.1) is 0 Å². The number of likely N-dealkylation sites (N-methyl/N-ethyl adjacent to an activating group) is 1. The fraction of sp³-hybridized carbons (Fsp3) is 0.357. The second-order valence-electron chi connectivity index (χ2n) is 5.13. The van der Waals surface area contributed by atoms with E-state index in [4.69, 9.17) is 4.74 Å². The molecule has 2 rings (SSSR count). The zero-order chi connectivity index (χ0) is 15.1. The molecular weight excluding hydrogens is 260 g/mol. The number of nitro benzene ring substituents is 1. The first kappa shape index (κ1) is 14.2. The third-order valence-corrected chi connectivity index (χ3v) is 3.45. The first-order valence-corrected chi connectivity index (χ1v) is 6.10. The lowest BCUT2D eigenvalue weighted by Gasteiger charge is -2.12. The van der Waals surface area contributed by atoms with Crippen LogP contribution in [-0.2, 0) is 15.1 Å². The number of carbonyl (C=O) groups is 1. The van der Waals surface area contributed by atoms with Crippen molar-refractivity contribution in [2.24, 2.45) is 0 Å². The molecule has 0 spiro atoms. The summed E-state index contributed by atoms with van der Waals surface area (Å²) in [6.45, 7) is 5.62. The summed E-state index contributed by atoms with van der Waals surface area (Å²) in [5.74, 6) is -0.180. The number of hydrogen-bond acceptors (Lipinski definition) is 4. The van der Waals surface area contributed by atoms with Gasteiger partial charge in [-0.2, -0.15) is 0 Å². The molecule has 6 heteroatoms. The second kappa shape index (κ2) is 4.72. The van der Waals surface area contributed by atoms with E-state index in [0.29, 0.717) is 5.57 Å². The van der Waals surface area contributed by atoms with Crippen molar-refractivity contribution < 1.29 is 14.5 Å². The zero-order valence-corrected chi connectivity index (χ0v) is 11.6. The highest BCUT2D eigenvalue weighted by atomic mass is 16.6. The second-order valence-corrected chi connectivity index (χ2v) is 5.13. The molecule has 0 N–H and O–H groups in total. The van der Waals surface area contributed by atoms with Crippen molar-refractivity contribution in [3.8, 4) is 0 Å². The number of rotatable bonds is 4. The van der Waals surface area contributed by atoms with Gasteiger partial charge in [-0.3, -0.25) is 14.9 Å². The van der Waals surface area contributed by atoms with Gasteiger partial charge < -0.3 is 9.64 Å². The van der Waals surface area contributed by atoms with Gasteiger partial charge in [0.1, 0.15) is 11.7 Å². The van der Waals surface area contributed by atoms with Crippen LogP contribution < -0.4 is 0 Å². The van der Waals surface area contributed by atoms with Crippen LogP contribution in [-0.4, -0.2) is 35.9 Å². The number of epoxide rings is 1. The number of amides is 1. The summed E-state index contributed by atoms with van der Waals surface area (Å²) in [5.41, 5.74) is 0.562. The predicted octanol–water partition coefficient (Wildman–Crippen LogP) is 1.85. The maximum absolute atomic E-state index is 11.8. The molecule has 0 unspecified atom stereocenters. The molecule has 20 heavy (non-hydrogen) atoms. The Morgan fingerprint density at radius 1 is 1.40 bits per heavy atom. The van der Waals surface area contributed by atoms with Crippen LogP contribution in [0.4, 0.5) is 5.69 Å². The van der Waals surface area contributed by atoms with E-state index >= 15 is 0 Å². The highest BCUT2D eigenvalue weighted by Crippen LogP contribution is 2.49. The number of benzene rings is 1. The SMILES string of the molecule is C=C(C(=O)N(C)C)[C@@H]1O[C@@]1(C)c1ccc([N+](=O)[O-])cc1. The largest absolute Gasteiger partial charge is 0.356 e.